The van der Waals surface area contributed by atoms with E-state index in [2.05, 4.69) is 49.6 Å². The third kappa shape index (κ3) is 10.5. The van der Waals surface area contributed by atoms with Gasteiger partial charge in [-0.2, -0.15) is 9.97 Å². The number of aromatic nitrogens is 5. The molecule has 8 heterocycles. The number of likely N-dealkylation sites (tertiary alicyclic amines) is 2. The van der Waals surface area contributed by atoms with E-state index in [1.165, 1.54) is 0 Å². The van der Waals surface area contributed by atoms with Crippen molar-refractivity contribution < 1.29 is 33.1 Å². The summed E-state index contributed by atoms with van der Waals surface area (Å²) in [7, 11) is 0. The molecule has 18 heteroatoms. The molecule has 0 aliphatic carbocycles. The second-order valence-electron chi connectivity index (χ2n) is 21.5. The van der Waals surface area contributed by atoms with Gasteiger partial charge in [-0.15, -0.1) is 11.3 Å². The van der Waals surface area contributed by atoms with Crippen molar-refractivity contribution in [2.75, 3.05) is 57.4 Å². The number of thiazole rings is 1. The van der Waals surface area contributed by atoms with Gasteiger partial charge in [0.1, 0.15) is 41.3 Å². The van der Waals surface area contributed by atoms with Gasteiger partial charge in [0.2, 0.25) is 11.8 Å². The van der Waals surface area contributed by atoms with Gasteiger partial charge < -0.3 is 39.5 Å². The second-order valence-corrected chi connectivity index (χ2v) is 22.3. The summed E-state index contributed by atoms with van der Waals surface area (Å²) in [4.78, 5) is 54.2. The number of carbonyl (C=O) groups is 2. The van der Waals surface area contributed by atoms with Crippen LogP contribution in [-0.4, -0.2) is 122 Å². The first-order valence-electron chi connectivity index (χ1n) is 27.1. The molecule has 5 unspecified atom stereocenters. The van der Waals surface area contributed by atoms with Gasteiger partial charge in [0.05, 0.1) is 34.1 Å². The number of pyridine rings is 1. The summed E-state index contributed by atoms with van der Waals surface area (Å²) in [6, 6.07) is 19.1. The standard InChI is InChI=1S/C58H67FN10O6S/c1-6-37-9-7-10-40-25-43(70)26-44(50(37)40)52-51(59)53-45(28-60-52)55(68-29-41-16-17-42(30-68)63-41)65-58(64-53)73-24-23-67-21-18-36(19-22-67)31-74-48-27-47(75-66-48)49(33(2)3)57(72)69-20-8-11-46(69)56(71)62-34(4)38-12-14-39(15-13-38)54-35(5)61-32-76-54/h7,9-10,12-15,25-28,32-34,36,41-42,46,49,63,70H,6,8,11,16-24,29-31H2,1-5H3,(H,62,71). The molecule has 0 saturated carbocycles. The van der Waals surface area contributed by atoms with Crippen molar-refractivity contribution in [1.82, 2.24) is 45.5 Å². The van der Waals surface area contributed by atoms with Gasteiger partial charge in [-0.1, -0.05) is 63.2 Å². The van der Waals surface area contributed by atoms with Crippen LogP contribution in [0.1, 0.15) is 101 Å². The number of amides is 2. The predicted molar refractivity (Wildman–Crippen MR) is 291 cm³/mol. The lowest BCUT2D eigenvalue weighted by molar-refractivity contribution is -0.141. The van der Waals surface area contributed by atoms with E-state index in [1.807, 2.05) is 63.5 Å². The molecule has 4 aromatic heterocycles. The van der Waals surface area contributed by atoms with Crippen LogP contribution in [0.25, 0.3) is 43.4 Å². The van der Waals surface area contributed by atoms with Crippen LogP contribution >= 0.6 is 11.3 Å². The molecule has 3 aromatic carbocycles. The number of anilines is 1. The van der Waals surface area contributed by atoms with E-state index in [1.54, 1.807) is 40.6 Å². The molecular weight excluding hydrogens is 984 g/mol. The number of piperazine rings is 1. The summed E-state index contributed by atoms with van der Waals surface area (Å²) in [5.41, 5.74) is 6.74. The minimum absolute atomic E-state index is 0.0369. The highest BCUT2D eigenvalue weighted by Crippen LogP contribution is 2.40. The van der Waals surface area contributed by atoms with Gasteiger partial charge >= 0.3 is 6.01 Å². The van der Waals surface area contributed by atoms with Crippen molar-refractivity contribution in [3.63, 3.8) is 0 Å². The molecule has 398 valence electrons. The van der Waals surface area contributed by atoms with Crippen molar-refractivity contribution in [3.05, 3.63) is 101 Å². The van der Waals surface area contributed by atoms with Crippen LogP contribution in [0.4, 0.5) is 10.2 Å². The first-order chi connectivity index (χ1) is 36.9. The molecule has 4 fully saturated rings. The van der Waals surface area contributed by atoms with E-state index in [-0.39, 0.29) is 52.7 Å². The number of nitrogens with zero attached hydrogens (tertiary/aromatic N) is 8. The zero-order valence-electron chi connectivity index (χ0n) is 43.9. The van der Waals surface area contributed by atoms with Crippen molar-refractivity contribution in [2.45, 2.75) is 110 Å². The number of benzene rings is 3. The molecule has 0 spiro atoms. The summed E-state index contributed by atoms with van der Waals surface area (Å²) in [6.45, 7) is 15.0. The van der Waals surface area contributed by atoms with Crippen LogP contribution in [0.2, 0.25) is 0 Å². The smallest absolute Gasteiger partial charge is 0.319 e. The highest BCUT2D eigenvalue weighted by Gasteiger charge is 2.41. The summed E-state index contributed by atoms with van der Waals surface area (Å²) in [5.74, 6) is 0.0856. The lowest BCUT2D eigenvalue weighted by atomic mass is 9.91. The molecular formula is C58H67FN10O6S. The van der Waals surface area contributed by atoms with Crippen LogP contribution in [-0.2, 0) is 16.0 Å². The maximum atomic E-state index is 17.1. The Hall–Kier alpha value is -6.76. The molecule has 2 amide bonds. The molecule has 5 atom stereocenters. The second kappa shape index (κ2) is 22.1. The van der Waals surface area contributed by atoms with Crippen molar-refractivity contribution in [3.8, 4) is 39.3 Å². The van der Waals surface area contributed by atoms with E-state index in [9.17, 15) is 14.7 Å². The van der Waals surface area contributed by atoms with Gasteiger partial charge in [0.15, 0.2) is 11.6 Å². The Morgan fingerprint density at radius 1 is 0.961 bits per heavy atom. The van der Waals surface area contributed by atoms with Gasteiger partial charge in [0, 0.05) is 56.1 Å². The average molecular weight is 1050 g/mol. The molecule has 4 aliphatic rings. The number of aryl methyl sites for hydroxylation is 2. The molecule has 76 heavy (non-hydrogen) atoms. The fourth-order valence-electron chi connectivity index (χ4n) is 11.9. The normalized spacial score (nSPS) is 20.0. The Bertz CT molecular complexity index is 3220. The topological polar surface area (TPSA) is 184 Å². The van der Waals surface area contributed by atoms with Crippen molar-refractivity contribution >= 4 is 50.6 Å². The first kappa shape index (κ1) is 51.4. The number of aromatic hydroxyl groups is 1. The monoisotopic (exact) mass is 1050 g/mol. The Labute approximate surface area is 446 Å². The molecule has 16 nitrogen and oxygen atoms in total. The molecule has 7 aromatic rings. The summed E-state index contributed by atoms with van der Waals surface area (Å²) in [5, 5.41) is 24.0. The minimum atomic E-state index is -0.624. The van der Waals surface area contributed by atoms with Crippen LogP contribution in [0.5, 0.6) is 17.6 Å². The quantitative estimate of drug-likeness (QED) is 0.0784. The number of fused-ring (bicyclic) bond motifs is 4. The Balaban J connectivity index is 0.696. The number of carbonyl (C=O) groups excluding carboxylic acids is 2. The van der Waals surface area contributed by atoms with Crippen molar-refractivity contribution in [2.24, 2.45) is 11.8 Å². The third-order valence-electron chi connectivity index (χ3n) is 16.0. The molecule has 4 aliphatic heterocycles. The van der Waals surface area contributed by atoms with E-state index in [0.717, 1.165) is 103 Å². The highest BCUT2D eigenvalue weighted by molar-refractivity contribution is 7.13. The minimum Gasteiger partial charge on any atom is -0.508 e. The number of piperidine rings is 1. The number of phenols is 1. The SMILES string of the molecule is CCc1cccc2cc(O)cc(-c3ncc4c(N5CC6CCC(C5)N6)nc(OCCN5CCC(COc6cc(C(C(=O)N7CCCC7C(=O)NC(C)c7ccc(-c8scnc8C)cc7)C(C)C)on6)CC5)nc4c3F)c12. The molecule has 11 rings (SSSR count). The Morgan fingerprint density at radius 2 is 1.75 bits per heavy atom. The average Bonchev–Trinajstić information content (AvgIpc) is 4.30. The van der Waals surface area contributed by atoms with Gasteiger partial charge in [-0.05, 0) is 128 Å². The summed E-state index contributed by atoms with van der Waals surface area (Å²) < 4.78 is 35.4. The van der Waals surface area contributed by atoms with Crippen LogP contribution in [0, 0.1) is 24.6 Å². The Morgan fingerprint density at radius 3 is 2.49 bits per heavy atom. The third-order valence-corrected chi connectivity index (χ3v) is 17.0. The fraction of sp³-hybridized carbons (Fsp3) is 0.466. The number of hydrogen-bond acceptors (Lipinski definition) is 15. The van der Waals surface area contributed by atoms with E-state index in [4.69, 9.17) is 28.9 Å². The molecule has 2 bridgehead atoms. The largest absolute Gasteiger partial charge is 0.508 e. The molecule has 0 radical (unpaired) electrons. The lowest BCUT2D eigenvalue weighted by Crippen LogP contribution is -2.51. The van der Waals surface area contributed by atoms with Crippen molar-refractivity contribution in [1.29, 1.82) is 0 Å². The number of nitrogens with one attached hydrogen (secondary N) is 2. The number of halogens is 1. The molecule has 3 N–H and O–H groups in total. The first-order valence-corrected chi connectivity index (χ1v) is 27.9. The number of phenolic OH excluding ortho intramolecular Hbond substituents is 1. The Kier molecular flexibility index (Phi) is 14.9. The zero-order valence-corrected chi connectivity index (χ0v) is 44.7. The van der Waals surface area contributed by atoms with Crippen LogP contribution in [0.15, 0.2) is 76.9 Å². The summed E-state index contributed by atoms with van der Waals surface area (Å²) in [6.07, 6.45) is 7.69. The number of hydrogen-bond donors (Lipinski definition) is 3. The molecule has 4 saturated heterocycles. The van der Waals surface area contributed by atoms with Gasteiger partial charge in [-0.3, -0.25) is 19.5 Å². The van der Waals surface area contributed by atoms with E-state index < -0.39 is 17.8 Å². The number of rotatable bonds is 17. The number of ether oxygens (including phenoxy) is 2. The zero-order chi connectivity index (χ0) is 52.6. The van der Waals surface area contributed by atoms with Crippen LogP contribution in [0.3, 0.4) is 0 Å². The highest BCUT2D eigenvalue weighted by atomic mass is 32.1. The summed E-state index contributed by atoms with van der Waals surface area (Å²) >= 11 is 1.61. The van der Waals surface area contributed by atoms with E-state index in [0.29, 0.717) is 73.2 Å². The maximum absolute atomic E-state index is 17.1. The van der Waals surface area contributed by atoms with E-state index >= 15 is 4.39 Å². The lowest BCUT2D eigenvalue weighted by Gasteiger charge is -2.34. The predicted octanol–water partition coefficient (Wildman–Crippen LogP) is 9.39. The van der Waals surface area contributed by atoms with Gasteiger partial charge in [-0.25, -0.2) is 9.37 Å². The maximum Gasteiger partial charge on any atom is 0.319 e. The van der Waals surface area contributed by atoms with Crippen LogP contribution < -0.4 is 25.0 Å². The fourth-order valence-corrected chi connectivity index (χ4v) is 12.7. The van der Waals surface area contributed by atoms with Gasteiger partial charge in [0.25, 0.3) is 5.88 Å².